The maximum Gasteiger partial charge on any atom is 0.181 e. The molecule has 1 aliphatic rings. The van der Waals surface area contributed by atoms with Crippen LogP contribution in [0.25, 0.3) is 0 Å². The van der Waals surface area contributed by atoms with E-state index < -0.39 is 6.29 Å². The molecule has 0 bridgehead atoms. The summed E-state index contributed by atoms with van der Waals surface area (Å²) in [5, 5.41) is 8.69. The molecule has 0 amide bonds. The Kier molecular flexibility index (Phi) is 2.05. The van der Waals surface area contributed by atoms with E-state index in [0.29, 0.717) is 0 Å². The fourth-order valence-corrected chi connectivity index (χ4v) is 0.729. The first-order valence-electron chi connectivity index (χ1n) is 3.10. The molecular weight excluding hydrogens is 120 g/mol. The third-order valence-electron chi connectivity index (χ3n) is 1.52. The monoisotopic (exact) mass is 132 g/mol. The molecule has 3 heteroatoms. The SMILES string of the molecule is COC(C)CC1OC1O. The average molecular weight is 132 g/mol. The lowest BCUT2D eigenvalue weighted by Gasteiger charge is -2.04. The number of ether oxygens (including phenoxy) is 2. The Hall–Kier alpha value is -0.120. The van der Waals surface area contributed by atoms with Crippen LogP contribution in [0.2, 0.25) is 0 Å². The minimum atomic E-state index is -0.525. The van der Waals surface area contributed by atoms with Crippen LogP contribution >= 0.6 is 0 Å². The van der Waals surface area contributed by atoms with Gasteiger partial charge in [-0.25, -0.2) is 0 Å². The lowest BCUT2D eigenvalue weighted by Crippen LogP contribution is -2.09. The molecule has 1 N–H and O–H groups in total. The summed E-state index contributed by atoms with van der Waals surface area (Å²) in [5.74, 6) is 0. The van der Waals surface area contributed by atoms with Gasteiger partial charge in [-0.3, -0.25) is 0 Å². The highest BCUT2D eigenvalue weighted by Crippen LogP contribution is 2.24. The quantitative estimate of drug-likeness (QED) is 0.555. The van der Waals surface area contributed by atoms with Crippen LogP contribution in [-0.2, 0) is 9.47 Å². The highest BCUT2D eigenvalue weighted by molar-refractivity contribution is 4.76. The Labute approximate surface area is 54.6 Å². The van der Waals surface area contributed by atoms with Crippen LogP contribution in [0, 0.1) is 0 Å². The largest absolute Gasteiger partial charge is 0.382 e. The van der Waals surface area contributed by atoms with E-state index in [-0.39, 0.29) is 12.2 Å². The summed E-state index contributed by atoms with van der Waals surface area (Å²) in [7, 11) is 1.65. The topological polar surface area (TPSA) is 42.0 Å². The molecule has 9 heavy (non-hydrogen) atoms. The van der Waals surface area contributed by atoms with Gasteiger partial charge >= 0.3 is 0 Å². The third-order valence-corrected chi connectivity index (χ3v) is 1.52. The van der Waals surface area contributed by atoms with Crippen molar-refractivity contribution in [3.05, 3.63) is 0 Å². The van der Waals surface area contributed by atoms with E-state index in [1.54, 1.807) is 7.11 Å². The molecule has 0 aromatic heterocycles. The molecule has 3 unspecified atom stereocenters. The van der Waals surface area contributed by atoms with Crippen LogP contribution in [0.3, 0.4) is 0 Å². The van der Waals surface area contributed by atoms with Gasteiger partial charge in [0.1, 0.15) is 6.10 Å². The summed E-state index contributed by atoms with van der Waals surface area (Å²) < 4.78 is 9.72. The fraction of sp³-hybridized carbons (Fsp3) is 1.00. The van der Waals surface area contributed by atoms with E-state index in [1.165, 1.54) is 0 Å². The lowest BCUT2D eigenvalue weighted by atomic mass is 10.2. The van der Waals surface area contributed by atoms with E-state index in [9.17, 15) is 0 Å². The Bertz CT molecular complexity index is 92.3. The molecule has 0 saturated carbocycles. The van der Waals surface area contributed by atoms with E-state index in [4.69, 9.17) is 14.6 Å². The van der Waals surface area contributed by atoms with Gasteiger partial charge in [0, 0.05) is 13.5 Å². The molecule has 0 aromatic rings. The van der Waals surface area contributed by atoms with Crippen LogP contribution in [0.5, 0.6) is 0 Å². The number of hydrogen-bond acceptors (Lipinski definition) is 3. The maximum absolute atomic E-state index is 8.69. The summed E-state index contributed by atoms with van der Waals surface area (Å²) in [4.78, 5) is 0. The fourth-order valence-electron chi connectivity index (χ4n) is 0.729. The molecule has 0 spiro atoms. The van der Waals surface area contributed by atoms with Gasteiger partial charge in [0.2, 0.25) is 0 Å². The van der Waals surface area contributed by atoms with Gasteiger partial charge < -0.3 is 14.6 Å². The van der Waals surface area contributed by atoms with Gasteiger partial charge in [-0.15, -0.1) is 0 Å². The minimum Gasteiger partial charge on any atom is -0.382 e. The molecule has 54 valence electrons. The van der Waals surface area contributed by atoms with Gasteiger partial charge in [0.25, 0.3) is 0 Å². The molecule has 3 atom stereocenters. The summed E-state index contributed by atoms with van der Waals surface area (Å²) in [6.45, 7) is 1.95. The molecule has 1 rings (SSSR count). The van der Waals surface area contributed by atoms with Crippen LogP contribution in [0.4, 0.5) is 0 Å². The molecule has 1 heterocycles. The molecule has 1 saturated heterocycles. The van der Waals surface area contributed by atoms with Gasteiger partial charge in [0.05, 0.1) is 6.10 Å². The molecule has 3 nitrogen and oxygen atoms in total. The van der Waals surface area contributed by atoms with Crippen LogP contribution in [0.15, 0.2) is 0 Å². The number of aliphatic hydroxyl groups is 1. The summed E-state index contributed by atoms with van der Waals surface area (Å²) in [6, 6.07) is 0. The van der Waals surface area contributed by atoms with Crippen molar-refractivity contribution < 1.29 is 14.6 Å². The molecule has 0 radical (unpaired) electrons. The minimum absolute atomic E-state index is 0.0277. The van der Waals surface area contributed by atoms with Gasteiger partial charge in [0.15, 0.2) is 6.29 Å². The number of rotatable bonds is 3. The van der Waals surface area contributed by atoms with Gasteiger partial charge in [-0.1, -0.05) is 0 Å². The first-order valence-corrected chi connectivity index (χ1v) is 3.10. The van der Waals surface area contributed by atoms with Crippen LogP contribution in [-0.4, -0.2) is 30.7 Å². The van der Waals surface area contributed by atoms with E-state index in [0.717, 1.165) is 6.42 Å². The normalized spacial score (nSPS) is 36.3. The van der Waals surface area contributed by atoms with Crippen molar-refractivity contribution in [2.75, 3.05) is 7.11 Å². The maximum atomic E-state index is 8.69. The number of aliphatic hydroxyl groups excluding tert-OH is 1. The van der Waals surface area contributed by atoms with Crippen molar-refractivity contribution in [1.82, 2.24) is 0 Å². The number of methoxy groups -OCH3 is 1. The Balaban J connectivity index is 2.05. The second kappa shape index (κ2) is 2.64. The molecule has 0 aromatic carbocycles. The Morgan fingerprint density at radius 1 is 1.78 bits per heavy atom. The van der Waals surface area contributed by atoms with Crippen molar-refractivity contribution >= 4 is 0 Å². The highest BCUT2D eigenvalue weighted by atomic mass is 16.7. The summed E-state index contributed by atoms with van der Waals surface area (Å²) in [5.41, 5.74) is 0. The second-order valence-corrected chi connectivity index (χ2v) is 2.35. The predicted octanol–water partition coefficient (Wildman–Crippen LogP) is 0.129. The zero-order chi connectivity index (χ0) is 6.85. The number of hydrogen-bond donors (Lipinski definition) is 1. The zero-order valence-corrected chi connectivity index (χ0v) is 5.70. The first kappa shape index (κ1) is 6.99. The van der Waals surface area contributed by atoms with Crippen molar-refractivity contribution in [2.45, 2.75) is 31.8 Å². The first-order chi connectivity index (χ1) is 4.24. The molecule has 1 aliphatic heterocycles. The second-order valence-electron chi connectivity index (χ2n) is 2.35. The smallest absolute Gasteiger partial charge is 0.181 e. The van der Waals surface area contributed by atoms with Gasteiger partial charge in [-0.05, 0) is 6.92 Å². The third kappa shape index (κ3) is 1.93. The van der Waals surface area contributed by atoms with Crippen molar-refractivity contribution in [2.24, 2.45) is 0 Å². The highest BCUT2D eigenvalue weighted by Gasteiger charge is 2.37. The van der Waals surface area contributed by atoms with E-state index in [1.807, 2.05) is 6.92 Å². The number of epoxide rings is 1. The zero-order valence-electron chi connectivity index (χ0n) is 5.70. The Morgan fingerprint density at radius 2 is 2.33 bits per heavy atom. The summed E-state index contributed by atoms with van der Waals surface area (Å²) in [6.07, 6.45) is 0.479. The predicted molar refractivity (Wildman–Crippen MR) is 32.0 cm³/mol. The average Bonchev–Trinajstić information content (AvgIpc) is 2.47. The Morgan fingerprint density at radius 3 is 2.67 bits per heavy atom. The molecule has 0 aliphatic carbocycles. The standard InChI is InChI=1S/C6H12O3/c1-4(8-2)3-5-6(7)9-5/h4-7H,3H2,1-2H3. The van der Waals surface area contributed by atoms with Crippen molar-refractivity contribution in [3.8, 4) is 0 Å². The molecule has 1 fully saturated rings. The van der Waals surface area contributed by atoms with Crippen LogP contribution < -0.4 is 0 Å². The van der Waals surface area contributed by atoms with Gasteiger partial charge in [-0.2, -0.15) is 0 Å². The van der Waals surface area contributed by atoms with E-state index in [2.05, 4.69) is 0 Å². The lowest BCUT2D eigenvalue weighted by molar-refractivity contribution is 0.103. The van der Waals surface area contributed by atoms with E-state index >= 15 is 0 Å². The van der Waals surface area contributed by atoms with Crippen molar-refractivity contribution in [1.29, 1.82) is 0 Å². The van der Waals surface area contributed by atoms with Crippen LogP contribution in [0.1, 0.15) is 13.3 Å². The van der Waals surface area contributed by atoms with Crippen molar-refractivity contribution in [3.63, 3.8) is 0 Å². The molecular formula is C6H12O3. The summed E-state index contributed by atoms with van der Waals surface area (Å²) >= 11 is 0.